The molecule has 0 aliphatic carbocycles. The van der Waals surface area contributed by atoms with Crippen molar-refractivity contribution < 1.29 is 28.0 Å². The zero-order valence-electron chi connectivity index (χ0n) is 10.0. The molecule has 0 heterocycles. The summed E-state index contributed by atoms with van der Waals surface area (Å²) in [6, 6.07) is 1.60. The Labute approximate surface area is 125 Å². The number of aliphatic carboxylic acids is 1. The molecule has 0 spiro atoms. The summed E-state index contributed by atoms with van der Waals surface area (Å²) in [5.41, 5.74) is -1.34. The molecule has 0 bridgehead atoms. The van der Waals surface area contributed by atoms with Crippen molar-refractivity contribution in [2.75, 3.05) is 18.0 Å². The van der Waals surface area contributed by atoms with Gasteiger partial charge in [-0.2, -0.15) is 13.2 Å². The van der Waals surface area contributed by atoms with Gasteiger partial charge in [0.2, 0.25) is 0 Å². The van der Waals surface area contributed by atoms with Crippen LogP contribution in [0.15, 0.2) is 12.1 Å². The van der Waals surface area contributed by atoms with Gasteiger partial charge < -0.3 is 10.0 Å². The van der Waals surface area contributed by atoms with Crippen LogP contribution in [0.1, 0.15) is 0 Å². The van der Waals surface area contributed by atoms with Crippen LogP contribution >= 0.6 is 23.2 Å². The third kappa shape index (κ3) is 4.94. The predicted molar refractivity (Wildman–Crippen MR) is 69.0 cm³/mol. The van der Waals surface area contributed by atoms with Gasteiger partial charge >= 0.3 is 12.1 Å². The molecule has 1 aromatic rings. The lowest BCUT2D eigenvalue weighted by molar-refractivity contribution is -0.384. The van der Waals surface area contributed by atoms with Crippen LogP contribution in [0.4, 0.5) is 24.5 Å². The second-order valence-corrected chi connectivity index (χ2v) is 4.69. The van der Waals surface area contributed by atoms with Crippen LogP contribution in [0.5, 0.6) is 0 Å². The molecule has 1 aromatic carbocycles. The number of hydrogen-bond donors (Lipinski definition) is 1. The van der Waals surface area contributed by atoms with Gasteiger partial charge in [-0.25, -0.2) is 0 Å². The molecule has 116 valence electrons. The molecule has 0 saturated heterocycles. The molecule has 0 aliphatic heterocycles. The number of hydrogen-bond acceptors (Lipinski definition) is 4. The Morgan fingerprint density at radius 3 is 2.29 bits per heavy atom. The van der Waals surface area contributed by atoms with Crippen LogP contribution in [-0.2, 0) is 4.79 Å². The lowest BCUT2D eigenvalue weighted by atomic mass is 10.2. The molecule has 0 unspecified atom stereocenters. The number of nitro benzene ring substituents is 1. The van der Waals surface area contributed by atoms with Crippen molar-refractivity contribution in [1.82, 2.24) is 0 Å². The summed E-state index contributed by atoms with van der Waals surface area (Å²) in [5, 5.41) is 19.1. The minimum atomic E-state index is -4.75. The topological polar surface area (TPSA) is 83.7 Å². The molecule has 0 radical (unpaired) electrons. The SMILES string of the molecule is O=C(O)CN(CC(F)(F)F)c1cc(Cl)c(Cl)cc1[N+](=O)[O-]. The summed E-state index contributed by atoms with van der Waals surface area (Å²) in [4.78, 5) is 20.9. The van der Waals surface area contributed by atoms with Gasteiger partial charge in [-0.1, -0.05) is 23.2 Å². The largest absolute Gasteiger partial charge is 0.480 e. The molecule has 0 aliphatic rings. The fourth-order valence-corrected chi connectivity index (χ4v) is 1.85. The van der Waals surface area contributed by atoms with Gasteiger partial charge in [0.25, 0.3) is 5.69 Å². The summed E-state index contributed by atoms with van der Waals surface area (Å²) in [6.45, 7) is -2.77. The molecule has 0 amide bonds. The second kappa shape index (κ2) is 6.35. The molecule has 0 aromatic heterocycles. The Morgan fingerprint density at radius 1 is 1.33 bits per heavy atom. The zero-order chi connectivity index (χ0) is 16.4. The van der Waals surface area contributed by atoms with Crippen molar-refractivity contribution in [3.63, 3.8) is 0 Å². The fraction of sp³-hybridized carbons (Fsp3) is 0.300. The van der Waals surface area contributed by atoms with Gasteiger partial charge in [0.1, 0.15) is 18.8 Å². The third-order valence-electron chi connectivity index (χ3n) is 2.25. The van der Waals surface area contributed by atoms with Crippen LogP contribution in [0.3, 0.4) is 0 Å². The van der Waals surface area contributed by atoms with E-state index in [2.05, 4.69) is 0 Å². The van der Waals surface area contributed by atoms with Crippen molar-refractivity contribution in [3.05, 3.63) is 32.3 Å². The van der Waals surface area contributed by atoms with E-state index < -0.39 is 41.5 Å². The number of nitrogens with zero attached hydrogens (tertiary/aromatic N) is 2. The number of rotatable bonds is 5. The molecule has 21 heavy (non-hydrogen) atoms. The van der Waals surface area contributed by atoms with Crippen LogP contribution < -0.4 is 4.90 Å². The Balaban J connectivity index is 3.38. The zero-order valence-corrected chi connectivity index (χ0v) is 11.5. The van der Waals surface area contributed by atoms with Gasteiger partial charge in [0.05, 0.1) is 15.0 Å². The average Bonchev–Trinajstić information content (AvgIpc) is 2.28. The lowest BCUT2D eigenvalue weighted by Crippen LogP contribution is -2.38. The number of carboxylic acid groups (broad SMARTS) is 1. The number of nitro groups is 1. The number of carboxylic acids is 1. The van der Waals surface area contributed by atoms with Gasteiger partial charge in [0, 0.05) is 6.07 Å². The van der Waals surface area contributed by atoms with Crippen molar-refractivity contribution in [2.45, 2.75) is 6.18 Å². The van der Waals surface area contributed by atoms with Gasteiger partial charge in [-0.3, -0.25) is 14.9 Å². The predicted octanol–water partition coefficient (Wildman–Crippen LogP) is 3.35. The molecular formula is C10H7Cl2F3N2O4. The van der Waals surface area contributed by atoms with Gasteiger partial charge in [0.15, 0.2) is 0 Å². The monoisotopic (exact) mass is 346 g/mol. The molecule has 1 N–H and O–H groups in total. The number of carbonyl (C=O) groups is 1. The van der Waals surface area contributed by atoms with E-state index in [1.54, 1.807) is 0 Å². The summed E-state index contributed by atoms with van der Waals surface area (Å²) in [6.07, 6.45) is -4.75. The van der Waals surface area contributed by atoms with Crippen molar-refractivity contribution >= 4 is 40.5 Å². The lowest BCUT2D eigenvalue weighted by Gasteiger charge is -2.24. The molecule has 11 heteroatoms. The van der Waals surface area contributed by atoms with Crippen LogP contribution in [-0.4, -0.2) is 35.3 Å². The highest BCUT2D eigenvalue weighted by Gasteiger charge is 2.34. The van der Waals surface area contributed by atoms with E-state index in [4.69, 9.17) is 28.3 Å². The van der Waals surface area contributed by atoms with E-state index in [1.165, 1.54) is 0 Å². The summed E-state index contributed by atoms with van der Waals surface area (Å²) in [7, 11) is 0. The fourth-order valence-electron chi connectivity index (χ4n) is 1.53. The Kier molecular flexibility index (Phi) is 5.24. The molecule has 0 fully saturated rings. The summed E-state index contributed by atoms with van der Waals surface area (Å²) >= 11 is 11.2. The summed E-state index contributed by atoms with van der Waals surface area (Å²) < 4.78 is 37.5. The minimum Gasteiger partial charge on any atom is -0.480 e. The van der Waals surface area contributed by atoms with Crippen LogP contribution in [0.25, 0.3) is 0 Å². The van der Waals surface area contributed by atoms with E-state index in [9.17, 15) is 28.1 Å². The summed E-state index contributed by atoms with van der Waals surface area (Å²) in [5.74, 6) is -1.58. The third-order valence-corrected chi connectivity index (χ3v) is 2.97. The van der Waals surface area contributed by atoms with Crippen LogP contribution in [0.2, 0.25) is 10.0 Å². The van der Waals surface area contributed by atoms with Crippen molar-refractivity contribution in [2.24, 2.45) is 0 Å². The normalized spacial score (nSPS) is 11.3. The molecule has 0 saturated carbocycles. The average molecular weight is 347 g/mol. The van der Waals surface area contributed by atoms with E-state index in [-0.39, 0.29) is 10.0 Å². The molecule has 1 rings (SSSR count). The Morgan fingerprint density at radius 2 is 1.86 bits per heavy atom. The molecule has 0 atom stereocenters. The standard InChI is InChI=1S/C10H7Cl2F3N2O4/c11-5-1-7(8(17(20)21)2-6(5)12)16(3-9(18)19)4-10(13,14)15/h1-2H,3-4H2,(H,18,19). The Hall–Kier alpha value is -1.74. The second-order valence-electron chi connectivity index (χ2n) is 3.88. The number of alkyl halides is 3. The highest BCUT2D eigenvalue weighted by Crippen LogP contribution is 2.37. The van der Waals surface area contributed by atoms with E-state index >= 15 is 0 Å². The van der Waals surface area contributed by atoms with E-state index in [0.29, 0.717) is 4.90 Å². The first-order valence-electron chi connectivity index (χ1n) is 5.18. The Bertz CT molecular complexity index is 580. The van der Waals surface area contributed by atoms with E-state index in [1.807, 2.05) is 0 Å². The van der Waals surface area contributed by atoms with E-state index in [0.717, 1.165) is 12.1 Å². The maximum absolute atomic E-state index is 12.5. The highest BCUT2D eigenvalue weighted by atomic mass is 35.5. The molecular weight excluding hydrogens is 340 g/mol. The van der Waals surface area contributed by atoms with Crippen molar-refractivity contribution in [1.29, 1.82) is 0 Å². The van der Waals surface area contributed by atoms with Gasteiger partial charge in [-0.15, -0.1) is 0 Å². The number of anilines is 1. The van der Waals surface area contributed by atoms with Crippen LogP contribution in [0, 0.1) is 10.1 Å². The highest BCUT2D eigenvalue weighted by molar-refractivity contribution is 6.42. The number of halogens is 5. The first-order valence-corrected chi connectivity index (χ1v) is 5.94. The maximum atomic E-state index is 12.5. The molecule has 6 nitrogen and oxygen atoms in total. The first-order chi connectivity index (χ1) is 9.51. The van der Waals surface area contributed by atoms with Gasteiger partial charge in [-0.05, 0) is 6.07 Å². The first kappa shape index (κ1) is 17.3. The smallest absolute Gasteiger partial charge is 0.405 e. The number of benzene rings is 1. The maximum Gasteiger partial charge on any atom is 0.405 e. The minimum absolute atomic E-state index is 0.227. The van der Waals surface area contributed by atoms with Crippen molar-refractivity contribution in [3.8, 4) is 0 Å². The quantitative estimate of drug-likeness (QED) is 0.652.